The third-order valence-corrected chi connectivity index (χ3v) is 4.73. The molecule has 1 fully saturated rings. The number of H-pyrrole nitrogens is 1. The van der Waals surface area contributed by atoms with Crippen molar-refractivity contribution in [1.82, 2.24) is 14.5 Å². The van der Waals surface area contributed by atoms with Crippen LogP contribution >= 0.6 is 12.2 Å². The van der Waals surface area contributed by atoms with Gasteiger partial charge in [0.1, 0.15) is 6.54 Å². The maximum Gasteiger partial charge on any atom is 0.262 e. The van der Waals surface area contributed by atoms with Crippen LogP contribution in [0.25, 0.3) is 10.9 Å². The molecule has 1 aromatic heterocycles. The van der Waals surface area contributed by atoms with Crippen LogP contribution < -0.4 is 5.56 Å². The van der Waals surface area contributed by atoms with E-state index in [1.807, 2.05) is 17.0 Å². The van der Waals surface area contributed by atoms with Crippen molar-refractivity contribution in [3.8, 4) is 0 Å². The van der Waals surface area contributed by atoms with E-state index in [1.165, 1.54) is 4.57 Å². The normalized spacial score (nSPS) is 21.6. The minimum absolute atomic E-state index is 0.00155. The highest BCUT2D eigenvalue weighted by Gasteiger charge is 2.25. The number of para-hydroxylation sites is 1. The van der Waals surface area contributed by atoms with Crippen molar-refractivity contribution in [1.29, 1.82) is 0 Å². The van der Waals surface area contributed by atoms with Gasteiger partial charge in [-0.3, -0.25) is 14.2 Å². The zero-order valence-corrected chi connectivity index (χ0v) is 14.2. The highest BCUT2D eigenvalue weighted by atomic mass is 32.1. The summed E-state index contributed by atoms with van der Waals surface area (Å²) in [5, 5.41) is 0.550. The zero-order chi connectivity index (χ0) is 16.6. The lowest BCUT2D eigenvalue weighted by atomic mass is 9.92. The summed E-state index contributed by atoms with van der Waals surface area (Å²) < 4.78 is 1.66. The molecule has 0 spiro atoms. The Morgan fingerprint density at radius 1 is 1.26 bits per heavy atom. The summed E-state index contributed by atoms with van der Waals surface area (Å²) in [7, 11) is 0. The molecular weight excluding hydrogens is 310 g/mol. The molecule has 2 aromatic rings. The van der Waals surface area contributed by atoms with Gasteiger partial charge in [-0.2, -0.15) is 0 Å². The number of nitrogens with zero attached hydrogens (tertiary/aromatic N) is 2. The fraction of sp³-hybridized carbons (Fsp3) is 0.471. The highest BCUT2D eigenvalue weighted by molar-refractivity contribution is 7.71. The van der Waals surface area contributed by atoms with Crippen LogP contribution in [0, 0.1) is 16.6 Å². The Morgan fingerprint density at radius 2 is 1.91 bits per heavy atom. The fourth-order valence-electron chi connectivity index (χ4n) is 3.44. The molecule has 1 aromatic carbocycles. The fourth-order valence-corrected chi connectivity index (χ4v) is 3.70. The van der Waals surface area contributed by atoms with Crippen molar-refractivity contribution in [2.24, 2.45) is 11.8 Å². The van der Waals surface area contributed by atoms with Gasteiger partial charge in [0, 0.05) is 13.1 Å². The summed E-state index contributed by atoms with van der Waals surface area (Å²) in [4.78, 5) is 30.1. The van der Waals surface area contributed by atoms with Crippen molar-refractivity contribution >= 4 is 29.0 Å². The molecule has 2 atom stereocenters. The summed E-state index contributed by atoms with van der Waals surface area (Å²) in [5.74, 6) is 0.941. The monoisotopic (exact) mass is 331 g/mol. The number of amides is 1. The quantitative estimate of drug-likeness (QED) is 0.861. The molecule has 0 unspecified atom stereocenters. The SMILES string of the molecule is C[C@H]1C[C@H](C)CN(C(=O)Cn2c(=S)[nH]c3ccccc3c2=O)C1. The zero-order valence-electron chi connectivity index (χ0n) is 13.4. The van der Waals surface area contributed by atoms with Crippen LogP contribution in [-0.2, 0) is 11.3 Å². The molecule has 1 saturated heterocycles. The second kappa shape index (κ2) is 6.28. The molecule has 23 heavy (non-hydrogen) atoms. The lowest BCUT2D eigenvalue weighted by Crippen LogP contribution is -2.45. The van der Waals surface area contributed by atoms with E-state index in [-0.39, 0.29) is 18.0 Å². The Hall–Kier alpha value is -1.95. The molecule has 1 amide bonds. The van der Waals surface area contributed by atoms with Crippen LogP contribution in [0.4, 0.5) is 0 Å². The molecule has 1 N–H and O–H groups in total. The van der Waals surface area contributed by atoms with Gasteiger partial charge in [-0.1, -0.05) is 26.0 Å². The Labute approximate surface area is 139 Å². The summed E-state index contributed by atoms with van der Waals surface area (Å²) >= 11 is 5.27. The van der Waals surface area contributed by atoms with Crippen molar-refractivity contribution in [3.05, 3.63) is 39.4 Å². The number of hydrogen-bond donors (Lipinski definition) is 1. The Balaban J connectivity index is 1.91. The van der Waals surface area contributed by atoms with E-state index in [2.05, 4.69) is 18.8 Å². The standard InChI is InChI=1S/C17H21N3O2S/c1-11-7-12(2)9-19(8-11)15(21)10-20-16(22)13-5-3-4-6-14(13)18-17(20)23/h3-6,11-12H,7-10H2,1-2H3,(H,18,23)/t11-,12-/m0/s1. The molecule has 5 nitrogen and oxygen atoms in total. The van der Waals surface area contributed by atoms with Gasteiger partial charge in [0.05, 0.1) is 10.9 Å². The number of likely N-dealkylation sites (tertiary alicyclic amines) is 1. The van der Waals surface area contributed by atoms with Gasteiger partial charge in [-0.15, -0.1) is 0 Å². The lowest BCUT2D eigenvalue weighted by molar-refractivity contribution is -0.134. The molecule has 0 bridgehead atoms. The van der Waals surface area contributed by atoms with Gasteiger partial charge in [-0.05, 0) is 42.6 Å². The molecule has 1 aliphatic rings. The predicted octanol–water partition coefficient (Wildman–Crippen LogP) is 2.56. The predicted molar refractivity (Wildman–Crippen MR) is 92.9 cm³/mol. The van der Waals surface area contributed by atoms with Crippen molar-refractivity contribution in [2.75, 3.05) is 13.1 Å². The second-order valence-corrected chi connectivity index (χ2v) is 7.00. The Bertz CT molecular complexity index is 845. The number of aromatic nitrogens is 2. The van der Waals surface area contributed by atoms with Crippen LogP contribution in [-0.4, -0.2) is 33.4 Å². The van der Waals surface area contributed by atoms with E-state index in [0.717, 1.165) is 19.5 Å². The highest BCUT2D eigenvalue weighted by Crippen LogP contribution is 2.21. The van der Waals surface area contributed by atoms with Crippen molar-refractivity contribution < 1.29 is 4.79 Å². The largest absolute Gasteiger partial charge is 0.341 e. The number of hydrogen-bond acceptors (Lipinski definition) is 3. The first-order valence-electron chi connectivity index (χ1n) is 7.95. The maximum atomic E-state index is 12.6. The van der Waals surface area contributed by atoms with Crippen LogP contribution in [0.1, 0.15) is 20.3 Å². The van der Waals surface area contributed by atoms with Gasteiger partial charge in [-0.25, -0.2) is 0 Å². The minimum atomic E-state index is -0.212. The topological polar surface area (TPSA) is 58.1 Å². The third kappa shape index (κ3) is 3.22. The van der Waals surface area contributed by atoms with Crippen LogP contribution in [0.3, 0.4) is 0 Å². The molecule has 0 aliphatic carbocycles. The minimum Gasteiger partial charge on any atom is -0.341 e. The first-order valence-corrected chi connectivity index (χ1v) is 8.36. The molecule has 2 heterocycles. The summed E-state index contributed by atoms with van der Waals surface area (Å²) in [5.41, 5.74) is 0.488. The number of carbonyl (C=O) groups excluding carboxylic acids is 1. The number of benzene rings is 1. The molecule has 1 aliphatic heterocycles. The molecular formula is C17H21N3O2S. The second-order valence-electron chi connectivity index (χ2n) is 6.61. The summed E-state index contributed by atoms with van der Waals surface area (Å²) in [6.45, 7) is 5.82. The van der Waals surface area contributed by atoms with Crippen molar-refractivity contribution in [2.45, 2.75) is 26.8 Å². The molecule has 0 saturated carbocycles. The maximum absolute atomic E-state index is 12.6. The van der Waals surface area contributed by atoms with E-state index >= 15 is 0 Å². The molecule has 6 heteroatoms. The number of rotatable bonds is 2. The van der Waals surface area contributed by atoms with E-state index in [1.54, 1.807) is 12.1 Å². The number of fused-ring (bicyclic) bond motifs is 1. The average Bonchev–Trinajstić information content (AvgIpc) is 2.50. The molecule has 3 rings (SSSR count). The lowest BCUT2D eigenvalue weighted by Gasteiger charge is -2.35. The Kier molecular flexibility index (Phi) is 4.35. The smallest absolute Gasteiger partial charge is 0.262 e. The Morgan fingerprint density at radius 3 is 2.61 bits per heavy atom. The van der Waals surface area contributed by atoms with Gasteiger partial charge < -0.3 is 9.88 Å². The molecule has 0 radical (unpaired) electrons. The average molecular weight is 331 g/mol. The van der Waals surface area contributed by atoms with Crippen LogP contribution in [0.15, 0.2) is 29.1 Å². The number of piperidine rings is 1. The first kappa shape index (κ1) is 15.9. The van der Waals surface area contributed by atoms with Gasteiger partial charge in [0.2, 0.25) is 5.91 Å². The van der Waals surface area contributed by atoms with Gasteiger partial charge in [0.25, 0.3) is 5.56 Å². The third-order valence-electron chi connectivity index (χ3n) is 4.40. The first-order chi connectivity index (χ1) is 11.0. The van der Waals surface area contributed by atoms with Gasteiger partial charge in [0.15, 0.2) is 4.77 Å². The summed E-state index contributed by atoms with van der Waals surface area (Å²) in [6, 6.07) is 7.21. The number of aromatic amines is 1. The van der Waals surface area contributed by atoms with Crippen LogP contribution in [0.2, 0.25) is 0 Å². The van der Waals surface area contributed by atoms with Crippen LogP contribution in [0.5, 0.6) is 0 Å². The van der Waals surface area contributed by atoms with E-state index in [4.69, 9.17) is 12.2 Å². The van der Waals surface area contributed by atoms with E-state index in [0.29, 0.717) is 27.5 Å². The molecule has 122 valence electrons. The van der Waals surface area contributed by atoms with Gasteiger partial charge >= 0.3 is 0 Å². The van der Waals surface area contributed by atoms with E-state index in [9.17, 15) is 9.59 Å². The van der Waals surface area contributed by atoms with E-state index < -0.39 is 0 Å². The number of carbonyl (C=O) groups is 1. The number of nitrogens with one attached hydrogen (secondary N) is 1. The van der Waals surface area contributed by atoms with Crippen molar-refractivity contribution in [3.63, 3.8) is 0 Å². The summed E-state index contributed by atoms with van der Waals surface area (Å²) in [6.07, 6.45) is 1.14.